The molecule has 1 heterocycles. The zero-order valence-electron chi connectivity index (χ0n) is 10.7. The van der Waals surface area contributed by atoms with Gasteiger partial charge in [0.15, 0.2) is 0 Å². The first kappa shape index (κ1) is 11.6. The Kier molecular flexibility index (Phi) is 3.02. The number of hydrogen-bond donors (Lipinski definition) is 1. The van der Waals surface area contributed by atoms with Crippen LogP contribution in [0.15, 0.2) is 6.33 Å². The van der Waals surface area contributed by atoms with E-state index in [1.54, 1.807) is 6.33 Å². The summed E-state index contributed by atoms with van der Waals surface area (Å²) in [4.78, 5) is 4.23. The van der Waals surface area contributed by atoms with Crippen LogP contribution in [0.3, 0.4) is 0 Å². The number of nitrogens with zero attached hydrogens (tertiary/aromatic N) is 3. The first-order valence-corrected chi connectivity index (χ1v) is 6.04. The van der Waals surface area contributed by atoms with Crippen LogP contribution in [0.1, 0.15) is 39.4 Å². The predicted molar refractivity (Wildman–Crippen MR) is 63.8 cm³/mol. The maximum atomic E-state index is 4.23. The van der Waals surface area contributed by atoms with Crippen molar-refractivity contribution in [3.05, 3.63) is 12.2 Å². The fourth-order valence-corrected chi connectivity index (χ4v) is 2.87. The molecule has 1 fully saturated rings. The summed E-state index contributed by atoms with van der Waals surface area (Å²) in [7, 11) is 1.94. The molecule has 1 N–H and O–H groups in total. The molecule has 1 saturated carbocycles. The summed E-state index contributed by atoms with van der Waals surface area (Å²) in [5.41, 5.74) is 0.483. The summed E-state index contributed by atoms with van der Waals surface area (Å²) in [6.45, 7) is 7.87. The number of nitrogens with one attached hydrogen (secondary N) is 1. The van der Waals surface area contributed by atoms with E-state index in [-0.39, 0.29) is 0 Å². The van der Waals surface area contributed by atoms with Gasteiger partial charge in [0.05, 0.1) is 6.54 Å². The molecule has 16 heavy (non-hydrogen) atoms. The summed E-state index contributed by atoms with van der Waals surface area (Å²) >= 11 is 0. The van der Waals surface area contributed by atoms with E-state index in [2.05, 4.69) is 36.2 Å². The van der Waals surface area contributed by atoms with Gasteiger partial charge in [0, 0.05) is 13.1 Å². The minimum Gasteiger partial charge on any atom is -0.307 e. The monoisotopic (exact) mass is 222 g/mol. The van der Waals surface area contributed by atoms with E-state index >= 15 is 0 Å². The third kappa shape index (κ3) is 2.43. The Morgan fingerprint density at radius 2 is 2.25 bits per heavy atom. The summed E-state index contributed by atoms with van der Waals surface area (Å²) in [6.07, 6.45) is 4.18. The number of aromatic nitrogens is 3. The highest BCUT2D eigenvalue weighted by Gasteiger charge is 2.36. The molecule has 1 aliphatic carbocycles. The summed E-state index contributed by atoms with van der Waals surface area (Å²) < 4.78 is 1.83. The fourth-order valence-electron chi connectivity index (χ4n) is 2.87. The van der Waals surface area contributed by atoms with Crippen molar-refractivity contribution >= 4 is 0 Å². The van der Waals surface area contributed by atoms with Gasteiger partial charge in [0.25, 0.3) is 0 Å². The molecule has 0 aromatic carbocycles. The van der Waals surface area contributed by atoms with Crippen molar-refractivity contribution in [2.45, 2.75) is 46.2 Å². The second kappa shape index (κ2) is 4.17. The van der Waals surface area contributed by atoms with E-state index in [1.165, 1.54) is 12.8 Å². The molecule has 0 amide bonds. The predicted octanol–water partition coefficient (Wildman–Crippen LogP) is 1.73. The van der Waals surface area contributed by atoms with Gasteiger partial charge in [0.1, 0.15) is 12.2 Å². The van der Waals surface area contributed by atoms with Gasteiger partial charge in [-0.25, -0.2) is 4.98 Å². The molecule has 0 bridgehead atoms. The molecular formula is C12H22N4. The Bertz CT molecular complexity index is 356. The van der Waals surface area contributed by atoms with Crippen molar-refractivity contribution in [1.82, 2.24) is 20.1 Å². The van der Waals surface area contributed by atoms with Gasteiger partial charge in [-0.1, -0.05) is 20.8 Å². The molecule has 2 atom stereocenters. The van der Waals surface area contributed by atoms with Gasteiger partial charge in [-0.15, -0.1) is 0 Å². The highest BCUT2D eigenvalue weighted by molar-refractivity contribution is 4.93. The molecule has 2 rings (SSSR count). The quantitative estimate of drug-likeness (QED) is 0.847. The van der Waals surface area contributed by atoms with E-state index in [0.717, 1.165) is 18.3 Å². The van der Waals surface area contributed by atoms with Crippen LogP contribution in [-0.2, 0) is 13.6 Å². The van der Waals surface area contributed by atoms with Crippen LogP contribution in [0.4, 0.5) is 0 Å². The zero-order chi connectivity index (χ0) is 11.8. The van der Waals surface area contributed by atoms with Crippen molar-refractivity contribution in [1.29, 1.82) is 0 Å². The Balaban J connectivity index is 1.90. The molecular weight excluding hydrogens is 200 g/mol. The van der Waals surface area contributed by atoms with Crippen molar-refractivity contribution in [2.24, 2.45) is 18.4 Å². The number of aryl methyl sites for hydroxylation is 1. The van der Waals surface area contributed by atoms with Crippen LogP contribution in [0.2, 0.25) is 0 Å². The average molecular weight is 222 g/mol. The first-order chi connectivity index (χ1) is 7.48. The SMILES string of the molecule is CC1CC(C)(C)CC1NCc1ncnn1C. The second-order valence-electron chi connectivity index (χ2n) is 5.84. The Labute approximate surface area is 97.5 Å². The lowest BCUT2D eigenvalue weighted by molar-refractivity contribution is 0.361. The van der Waals surface area contributed by atoms with Gasteiger partial charge < -0.3 is 5.32 Å². The average Bonchev–Trinajstić information content (AvgIpc) is 2.67. The number of hydrogen-bond acceptors (Lipinski definition) is 3. The molecule has 1 aromatic rings. The van der Waals surface area contributed by atoms with E-state index in [1.807, 2.05) is 11.7 Å². The van der Waals surface area contributed by atoms with Crippen LogP contribution in [-0.4, -0.2) is 20.8 Å². The summed E-state index contributed by atoms with van der Waals surface area (Å²) in [5, 5.41) is 7.68. The van der Waals surface area contributed by atoms with E-state index in [0.29, 0.717) is 11.5 Å². The standard InChI is InChI=1S/C12H22N4/c1-9-5-12(2,3)6-10(9)13-7-11-14-8-15-16(11)4/h8-10,13H,5-7H2,1-4H3. The minimum absolute atomic E-state index is 0.483. The van der Waals surface area contributed by atoms with Gasteiger partial charge >= 0.3 is 0 Å². The van der Waals surface area contributed by atoms with E-state index in [4.69, 9.17) is 0 Å². The molecule has 1 aliphatic rings. The van der Waals surface area contributed by atoms with Crippen LogP contribution in [0.5, 0.6) is 0 Å². The molecule has 4 nitrogen and oxygen atoms in total. The fraction of sp³-hybridized carbons (Fsp3) is 0.833. The Hall–Kier alpha value is -0.900. The lowest BCUT2D eigenvalue weighted by atomic mass is 9.91. The van der Waals surface area contributed by atoms with Gasteiger partial charge in [-0.3, -0.25) is 4.68 Å². The first-order valence-electron chi connectivity index (χ1n) is 6.04. The van der Waals surface area contributed by atoms with Crippen LogP contribution in [0.25, 0.3) is 0 Å². The smallest absolute Gasteiger partial charge is 0.140 e. The Morgan fingerprint density at radius 3 is 2.75 bits per heavy atom. The van der Waals surface area contributed by atoms with Crippen LogP contribution in [0, 0.1) is 11.3 Å². The molecule has 0 saturated heterocycles. The molecule has 0 aliphatic heterocycles. The molecule has 0 spiro atoms. The molecule has 1 aromatic heterocycles. The topological polar surface area (TPSA) is 42.7 Å². The lowest BCUT2D eigenvalue weighted by Crippen LogP contribution is -2.32. The van der Waals surface area contributed by atoms with Crippen molar-refractivity contribution in [3.8, 4) is 0 Å². The van der Waals surface area contributed by atoms with Crippen molar-refractivity contribution in [2.75, 3.05) is 0 Å². The van der Waals surface area contributed by atoms with Crippen LogP contribution < -0.4 is 5.32 Å². The van der Waals surface area contributed by atoms with Gasteiger partial charge in [0.2, 0.25) is 0 Å². The summed E-state index contributed by atoms with van der Waals surface area (Å²) in [6, 6.07) is 0.617. The van der Waals surface area contributed by atoms with Gasteiger partial charge in [-0.2, -0.15) is 5.10 Å². The molecule has 90 valence electrons. The Morgan fingerprint density at radius 1 is 1.50 bits per heavy atom. The highest BCUT2D eigenvalue weighted by Crippen LogP contribution is 2.40. The largest absolute Gasteiger partial charge is 0.307 e. The highest BCUT2D eigenvalue weighted by atomic mass is 15.3. The second-order valence-corrected chi connectivity index (χ2v) is 5.84. The zero-order valence-corrected chi connectivity index (χ0v) is 10.7. The molecule has 2 unspecified atom stereocenters. The maximum absolute atomic E-state index is 4.23. The normalized spacial score (nSPS) is 28.5. The molecule has 4 heteroatoms. The van der Waals surface area contributed by atoms with Gasteiger partial charge in [-0.05, 0) is 24.2 Å². The van der Waals surface area contributed by atoms with Crippen molar-refractivity contribution < 1.29 is 0 Å². The van der Waals surface area contributed by atoms with Crippen LogP contribution >= 0.6 is 0 Å². The van der Waals surface area contributed by atoms with Crippen molar-refractivity contribution in [3.63, 3.8) is 0 Å². The third-order valence-corrected chi connectivity index (χ3v) is 3.66. The van der Waals surface area contributed by atoms with E-state index in [9.17, 15) is 0 Å². The molecule has 0 radical (unpaired) electrons. The van der Waals surface area contributed by atoms with E-state index < -0.39 is 0 Å². The minimum atomic E-state index is 0.483. The lowest BCUT2D eigenvalue weighted by Gasteiger charge is -2.18. The number of rotatable bonds is 3. The maximum Gasteiger partial charge on any atom is 0.140 e. The summed E-state index contributed by atoms with van der Waals surface area (Å²) in [5.74, 6) is 1.76. The third-order valence-electron chi connectivity index (χ3n) is 3.66.